The van der Waals surface area contributed by atoms with Crippen LogP contribution in [0, 0.1) is 0 Å². The monoisotopic (exact) mass is 527 g/mol. The van der Waals surface area contributed by atoms with Crippen molar-refractivity contribution in [2.75, 3.05) is 14.2 Å². The lowest BCUT2D eigenvalue weighted by molar-refractivity contribution is 0.0592. The fourth-order valence-electron chi connectivity index (χ4n) is 3.02. The number of carbonyl (C=O) groups excluding carboxylic acids is 3. The summed E-state index contributed by atoms with van der Waals surface area (Å²) in [5, 5.41) is 2.49. The Morgan fingerprint density at radius 1 is 0.757 bits per heavy atom. The van der Waals surface area contributed by atoms with Crippen LogP contribution < -0.4 is 14.4 Å². The molecule has 3 aromatic rings. The molecule has 10 nitrogen and oxygen atoms in total. The van der Waals surface area contributed by atoms with Gasteiger partial charge in [-0.2, -0.15) is 0 Å². The van der Waals surface area contributed by atoms with E-state index in [4.69, 9.17) is 13.8 Å². The quantitative estimate of drug-likeness (QED) is 0.215. The lowest BCUT2D eigenvalue weighted by atomic mass is 10.2. The molecule has 0 unspecified atom stereocenters. The Bertz CT molecular complexity index is 1200. The highest BCUT2D eigenvalue weighted by Crippen LogP contribution is 2.52. The van der Waals surface area contributed by atoms with Crippen LogP contribution >= 0.6 is 7.60 Å². The molecule has 0 aliphatic rings. The van der Waals surface area contributed by atoms with Gasteiger partial charge in [0.2, 0.25) is 0 Å². The summed E-state index contributed by atoms with van der Waals surface area (Å²) in [5.41, 5.74) is 1.30. The first-order valence-electron chi connectivity index (χ1n) is 11.1. The van der Waals surface area contributed by atoms with Gasteiger partial charge >= 0.3 is 25.6 Å². The van der Waals surface area contributed by atoms with Crippen LogP contribution in [0.5, 0.6) is 11.5 Å². The maximum absolute atomic E-state index is 13.9. The number of carbonyl (C=O) groups is 3. The van der Waals surface area contributed by atoms with E-state index in [-0.39, 0.29) is 29.2 Å². The highest BCUT2D eigenvalue weighted by Gasteiger charge is 2.38. The van der Waals surface area contributed by atoms with E-state index >= 15 is 0 Å². The molecule has 0 fully saturated rings. The van der Waals surface area contributed by atoms with Gasteiger partial charge in [-0.3, -0.25) is 0 Å². The van der Waals surface area contributed by atoms with Gasteiger partial charge in [0, 0.05) is 0 Å². The second-order valence-electron chi connectivity index (χ2n) is 7.64. The van der Waals surface area contributed by atoms with E-state index in [1.165, 1.54) is 69.7 Å². The van der Waals surface area contributed by atoms with Gasteiger partial charge in [0.15, 0.2) is 5.78 Å². The van der Waals surface area contributed by atoms with Gasteiger partial charge in [-0.1, -0.05) is 30.3 Å². The van der Waals surface area contributed by atoms with Crippen molar-refractivity contribution in [2.24, 2.45) is 0 Å². The van der Waals surface area contributed by atoms with Crippen LogP contribution in [0.1, 0.15) is 33.2 Å². The normalized spacial score (nSPS) is 11.5. The van der Waals surface area contributed by atoms with Gasteiger partial charge in [0.1, 0.15) is 18.1 Å². The number of ether oxygens (including phenoxy) is 3. The maximum Gasteiger partial charge on any atom is 0.452 e. The first kappa shape index (κ1) is 27.3. The largest absolute Gasteiger partial charge is 0.465 e. The van der Waals surface area contributed by atoms with Crippen LogP contribution in [-0.2, 0) is 25.4 Å². The molecule has 0 aliphatic carbocycles. The van der Waals surface area contributed by atoms with Crippen molar-refractivity contribution in [1.29, 1.82) is 0 Å². The second-order valence-corrected chi connectivity index (χ2v) is 9.86. The minimum atomic E-state index is -4.14. The summed E-state index contributed by atoms with van der Waals surface area (Å²) in [5.74, 6) is -2.01. The van der Waals surface area contributed by atoms with Gasteiger partial charge in [-0.25, -0.2) is 18.9 Å². The number of nitrogens with one attached hydrogen (secondary N) is 1. The first-order chi connectivity index (χ1) is 17.7. The van der Waals surface area contributed by atoms with Crippen molar-refractivity contribution < 1.29 is 42.2 Å². The number of rotatable bonds is 10. The van der Waals surface area contributed by atoms with Crippen molar-refractivity contribution in [3.8, 4) is 11.5 Å². The van der Waals surface area contributed by atoms with Gasteiger partial charge in [-0.15, -0.1) is 0 Å². The van der Waals surface area contributed by atoms with E-state index in [2.05, 4.69) is 14.8 Å². The molecule has 11 heteroatoms. The Kier molecular flexibility index (Phi) is 9.29. The average molecular weight is 527 g/mol. The Labute approximate surface area is 214 Å². The van der Waals surface area contributed by atoms with Crippen LogP contribution in [-0.4, -0.2) is 38.0 Å². The van der Waals surface area contributed by atoms with E-state index in [0.717, 1.165) is 5.56 Å². The summed E-state index contributed by atoms with van der Waals surface area (Å²) in [6, 6.07) is 20.5. The van der Waals surface area contributed by atoms with Crippen molar-refractivity contribution in [1.82, 2.24) is 5.32 Å². The molecule has 37 heavy (non-hydrogen) atoms. The SMILES string of the molecule is COC(=O)c1ccc(OP(=O)(Oc2ccc(C(=O)OC)cc2)[C@@H](C)NC(=O)OCc2ccccc2)cc1. The predicted octanol–water partition coefficient (Wildman–Crippen LogP) is 5.18. The molecule has 0 saturated carbocycles. The molecule has 0 heterocycles. The number of methoxy groups -OCH3 is 2. The highest BCUT2D eigenvalue weighted by molar-refractivity contribution is 7.55. The average Bonchev–Trinajstić information content (AvgIpc) is 2.92. The number of hydrogen-bond donors (Lipinski definition) is 1. The molecule has 0 saturated heterocycles. The summed E-state index contributed by atoms with van der Waals surface area (Å²) in [6.45, 7) is 1.45. The van der Waals surface area contributed by atoms with Gasteiger partial charge in [0.05, 0.1) is 25.3 Å². The molecule has 0 spiro atoms. The van der Waals surface area contributed by atoms with Crippen molar-refractivity contribution >= 4 is 25.6 Å². The molecular formula is C26H26NO9P. The number of amides is 1. The van der Waals surface area contributed by atoms with Crippen LogP contribution in [0.2, 0.25) is 0 Å². The van der Waals surface area contributed by atoms with Crippen LogP contribution in [0.4, 0.5) is 4.79 Å². The highest BCUT2D eigenvalue weighted by atomic mass is 31.2. The van der Waals surface area contributed by atoms with Crippen LogP contribution in [0.15, 0.2) is 78.9 Å². The number of esters is 2. The summed E-state index contributed by atoms with van der Waals surface area (Å²) >= 11 is 0. The Hall–Kier alpha value is -4.30. The van der Waals surface area contributed by atoms with Gasteiger partial charge in [0.25, 0.3) is 0 Å². The zero-order chi connectivity index (χ0) is 26.8. The summed E-state index contributed by atoms with van der Waals surface area (Å²) in [6.07, 6.45) is -0.828. The van der Waals surface area contributed by atoms with Gasteiger partial charge < -0.3 is 28.6 Å². The smallest absolute Gasteiger partial charge is 0.452 e. The Morgan fingerprint density at radius 2 is 1.22 bits per heavy atom. The lowest BCUT2D eigenvalue weighted by Crippen LogP contribution is -2.35. The molecule has 3 rings (SSSR count). The second kappa shape index (κ2) is 12.6. The molecule has 0 aromatic heterocycles. The maximum atomic E-state index is 13.9. The standard InChI is InChI=1S/C26H26NO9P/c1-18(27-26(30)34-17-19-7-5-4-6-8-19)37(31,35-22-13-9-20(10-14-22)24(28)32-2)36-23-15-11-21(12-16-23)25(29)33-3/h4-16,18H,17H2,1-3H3,(H,27,30)/t18-/m0/s1. The zero-order valence-corrected chi connectivity index (χ0v) is 21.3. The lowest BCUT2D eigenvalue weighted by Gasteiger charge is -2.25. The molecule has 0 aliphatic heterocycles. The van der Waals surface area contributed by atoms with E-state index < -0.39 is 31.4 Å². The molecule has 3 aromatic carbocycles. The summed E-state index contributed by atoms with van der Waals surface area (Å²) in [7, 11) is -1.63. The van der Waals surface area contributed by atoms with E-state index in [1.807, 2.05) is 18.2 Å². The predicted molar refractivity (Wildman–Crippen MR) is 134 cm³/mol. The minimum Gasteiger partial charge on any atom is -0.465 e. The van der Waals surface area contributed by atoms with Crippen molar-refractivity contribution in [2.45, 2.75) is 19.3 Å². The molecule has 194 valence electrons. The third kappa shape index (κ3) is 7.59. The van der Waals surface area contributed by atoms with Crippen molar-refractivity contribution in [3.05, 3.63) is 95.6 Å². The number of alkyl carbamates (subject to hydrolysis) is 1. The van der Waals surface area contributed by atoms with E-state index in [1.54, 1.807) is 12.1 Å². The minimum absolute atomic E-state index is 0.00932. The molecule has 1 atom stereocenters. The fourth-order valence-corrected chi connectivity index (χ4v) is 4.47. The Morgan fingerprint density at radius 3 is 1.65 bits per heavy atom. The van der Waals surface area contributed by atoms with Gasteiger partial charge in [-0.05, 0) is 61.0 Å². The molecule has 0 radical (unpaired) electrons. The first-order valence-corrected chi connectivity index (χ1v) is 12.7. The third-order valence-electron chi connectivity index (χ3n) is 5.03. The topological polar surface area (TPSA) is 126 Å². The third-order valence-corrected chi connectivity index (χ3v) is 7.04. The molecule has 1 N–H and O–H groups in total. The van der Waals surface area contributed by atoms with Crippen molar-refractivity contribution in [3.63, 3.8) is 0 Å². The molecular weight excluding hydrogens is 501 g/mol. The number of hydrogen-bond acceptors (Lipinski definition) is 9. The van der Waals surface area contributed by atoms with Crippen LogP contribution in [0.3, 0.4) is 0 Å². The summed E-state index contributed by atoms with van der Waals surface area (Å²) in [4.78, 5) is 35.8. The molecule has 1 amide bonds. The Balaban J connectivity index is 1.79. The van der Waals surface area contributed by atoms with Crippen LogP contribution in [0.25, 0.3) is 0 Å². The number of benzene rings is 3. The summed E-state index contributed by atoms with van der Waals surface area (Å²) < 4.78 is 39.9. The van der Waals surface area contributed by atoms with E-state index in [9.17, 15) is 18.9 Å². The van der Waals surface area contributed by atoms with E-state index in [0.29, 0.717) is 0 Å². The fraction of sp³-hybridized carbons (Fsp3) is 0.192. The molecule has 0 bridgehead atoms. The zero-order valence-electron chi connectivity index (χ0n) is 20.4.